The summed E-state index contributed by atoms with van der Waals surface area (Å²) in [4.78, 5) is 12.5. The number of carbonyl (C=O) groups is 1. The molecular formula is C51H95NO4. The van der Waals surface area contributed by atoms with Gasteiger partial charge in [0.1, 0.15) is 6.10 Å². The molecule has 5 nitrogen and oxygen atoms in total. The molecule has 0 heterocycles. The quantitative estimate of drug-likeness (QED) is 0.0366. The van der Waals surface area contributed by atoms with Crippen LogP contribution >= 0.6 is 0 Å². The SMILES string of the molecule is CCCCCCCCCC/C=C/CC/C=C/CCCC(O)C(O)C(CO)NC(=O)CCCCCCCCCCC/C=C\C/C=C\CCCCCCCCCCC. The molecule has 0 radical (unpaired) electrons. The lowest BCUT2D eigenvalue weighted by atomic mass is 10.0. The van der Waals surface area contributed by atoms with E-state index in [9.17, 15) is 20.1 Å². The van der Waals surface area contributed by atoms with Gasteiger partial charge in [0.25, 0.3) is 0 Å². The van der Waals surface area contributed by atoms with Crippen molar-refractivity contribution in [3.63, 3.8) is 0 Å². The third-order valence-corrected chi connectivity index (χ3v) is 11.1. The molecule has 0 rings (SSSR count). The number of hydrogen-bond acceptors (Lipinski definition) is 4. The Bertz CT molecular complexity index is 912. The number of unbranched alkanes of at least 4 members (excludes halogenated alkanes) is 28. The molecular weight excluding hydrogens is 691 g/mol. The summed E-state index contributed by atoms with van der Waals surface area (Å²) in [7, 11) is 0. The van der Waals surface area contributed by atoms with Crippen LogP contribution in [0.4, 0.5) is 0 Å². The Kier molecular flexibility index (Phi) is 44.6. The number of hydrogen-bond donors (Lipinski definition) is 4. The Balaban J connectivity index is 3.66. The Morgan fingerprint density at radius 1 is 0.446 bits per heavy atom. The van der Waals surface area contributed by atoms with E-state index in [1.165, 1.54) is 167 Å². The first kappa shape index (κ1) is 54.3. The van der Waals surface area contributed by atoms with E-state index in [1.54, 1.807) is 0 Å². The van der Waals surface area contributed by atoms with Gasteiger partial charge in [-0.3, -0.25) is 4.79 Å². The molecule has 0 aliphatic heterocycles. The summed E-state index contributed by atoms with van der Waals surface area (Å²) in [5.41, 5.74) is 0. The van der Waals surface area contributed by atoms with Gasteiger partial charge in [-0.2, -0.15) is 0 Å². The maximum atomic E-state index is 12.5. The fourth-order valence-electron chi connectivity index (χ4n) is 7.33. The van der Waals surface area contributed by atoms with Crippen molar-refractivity contribution < 1.29 is 20.1 Å². The highest BCUT2D eigenvalue weighted by Crippen LogP contribution is 2.15. The van der Waals surface area contributed by atoms with Crippen molar-refractivity contribution in [1.82, 2.24) is 5.32 Å². The minimum Gasteiger partial charge on any atom is -0.394 e. The fraction of sp³-hybridized carbons (Fsp3) is 0.824. The summed E-state index contributed by atoms with van der Waals surface area (Å²) in [5.74, 6) is -0.163. The Hall–Kier alpha value is -1.69. The summed E-state index contributed by atoms with van der Waals surface area (Å²) < 4.78 is 0. The number of allylic oxidation sites excluding steroid dienone is 8. The monoisotopic (exact) mass is 786 g/mol. The molecule has 0 spiro atoms. The van der Waals surface area contributed by atoms with E-state index >= 15 is 0 Å². The molecule has 3 atom stereocenters. The zero-order valence-electron chi connectivity index (χ0n) is 37.3. The van der Waals surface area contributed by atoms with Gasteiger partial charge in [-0.15, -0.1) is 0 Å². The van der Waals surface area contributed by atoms with Crippen LogP contribution in [0.15, 0.2) is 48.6 Å². The third kappa shape index (κ3) is 40.5. The summed E-state index contributed by atoms with van der Waals surface area (Å²) >= 11 is 0. The van der Waals surface area contributed by atoms with Gasteiger partial charge in [-0.05, 0) is 83.5 Å². The first-order valence-corrected chi connectivity index (χ1v) is 24.4. The second-order valence-electron chi connectivity index (χ2n) is 16.6. The summed E-state index contributed by atoms with van der Waals surface area (Å²) in [6, 6.07) is -0.836. The highest BCUT2D eigenvalue weighted by atomic mass is 16.3. The molecule has 0 aliphatic carbocycles. The maximum absolute atomic E-state index is 12.5. The topological polar surface area (TPSA) is 89.8 Å². The molecule has 0 aliphatic rings. The number of aliphatic hydroxyl groups excluding tert-OH is 3. The van der Waals surface area contributed by atoms with Crippen molar-refractivity contribution in [3.05, 3.63) is 48.6 Å². The third-order valence-electron chi connectivity index (χ3n) is 11.1. The highest BCUT2D eigenvalue weighted by molar-refractivity contribution is 5.76. The maximum Gasteiger partial charge on any atom is 0.220 e. The first-order valence-electron chi connectivity index (χ1n) is 24.4. The number of amides is 1. The molecule has 0 aromatic rings. The van der Waals surface area contributed by atoms with E-state index in [4.69, 9.17) is 0 Å². The number of carbonyl (C=O) groups excluding carboxylic acids is 1. The van der Waals surface area contributed by atoms with Gasteiger partial charge in [-0.1, -0.05) is 204 Å². The van der Waals surface area contributed by atoms with Crippen LogP contribution in [0.25, 0.3) is 0 Å². The van der Waals surface area contributed by atoms with Crippen LogP contribution in [0.2, 0.25) is 0 Å². The zero-order chi connectivity index (χ0) is 40.8. The van der Waals surface area contributed by atoms with Crippen LogP contribution in [-0.4, -0.2) is 46.1 Å². The first-order chi connectivity index (χ1) is 27.6. The van der Waals surface area contributed by atoms with Crippen molar-refractivity contribution in [1.29, 1.82) is 0 Å². The van der Waals surface area contributed by atoms with Crippen LogP contribution in [0.3, 0.4) is 0 Å². The summed E-state index contributed by atoms with van der Waals surface area (Å²) in [6.07, 6.45) is 59.5. The van der Waals surface area contributed by atoms with Crippen LogP contribution in [-0.2, 0) is 4.79 Å². The van der Waals surface area contributed by atoms with Gasteiger partial charge in [0.05, 0.1) is 18.8 Å². The second kappa shape index (κ2) is 46.0. The Morgan fingerprint density at radius 3 is 1.20 bits per heavy atom. The van der Waals surface area contributed by atoms with Crippen LogP contribution < -0.4 is 5.32 Å². The molecule has 1 amide bonds. The number of aliphatic hydroxyl groups is 3. The predicted octanol–water partition coefficient (Wildman–Crippen LogP) is 14.5. The molecule has 0 aromatic carbocycles. The minimum atomic E-state index is -1.17. The van der Waals surface area contributed by atoms with E-state index in [-0.39, 0.29) is 12.5 Å². The molecule has 0 fully saturated rings. The zero-order valence-corrected chi connectivity index (χ0v) is 37.3. The number of rotatable bonds is 44. The average molecular weight is 786 g/mol. The lowest BCUT2D eigenvalue weighted by Gasteiger charge is -2.26. The van der Waals surface area contributed by atoms with E-state index in [0.717, 1.165) is 51.4 Å². The van der Waals surface area contributed by atoms with Crippen LogP contribution in [0.1, 0.15) is 245 Å². The molecule has 0 saturated heterocycles. The lowest BCUT2D eigenvalue weighted by molar-refractivity contribution is -0.124. The van der Waals surface area contributed by atoms with Gasteiger partial charge in [0, 0.05) is 6.42 Å². The molecule has 56 heavy (non-hydrogen) atoms. The van der Waals surface area contributed by atoms with Crippen LogP contribution in [0.5, 0.6) is 0 Å². The predicted molar refractivity (Wildman–Crippen MR) is 245 cm³/mol. The van der Waals surface area contributed by atoms with Gasteiger partial charge >= 0.3 is 0 Å². The fourth-order valence-corrected chi connectivity index (χ4v) is 7.33. The van der Waals surface area contributed by atoms with Crippen molar-refractivity contribution in [2.45, 2.75) is 263 Å². The second-order valence-corrected chi connectivity index (χ2v) is 16.6. The molecule has 0 aromatic heterocycles. The van der Waals surface area contributed by atoms with Crippen molar-refractivity contribution in [2.75, 3.05) is 6.61 Å². The van der Waals surface area contributed by atoms with Gasteiger partial charge in [0.15, 0.2) is 0 Å². The minimum absolute atomic E-state index is 0.163. The van der Waals surface area contributed by atoms with Crippen molar-refractivity contribution in [3.8, 4) is 0 Å². The number of nitrogens with one attached hydrogen (secondary N) is 1. The molecule has 3 unspecified atom stereocenters. The summed E-state index contributed by atoms with van der Waals surface area (Å²) in [6.45, 7) is 4.16. The summed E-state index contributed by atoms with van der Waals surface area (Å²) in [5, 5.41) is 33.6. The van der Waals surface area contributed by atoms with Gasteiger partial charge in [-0.25, -0.2) is 0 Å². The molecule has 328 valence electrons. The van der Waals surface area contributed by atoms with Crippen molar-refractivity contribution in [2.24, 2.45) is 0 Å². The molecule has 5 heteroatoms. The normalized spacial score (nSPS) is 13.9. The van der Waals surface area contributed by atoms with Gasteiger partial charge in [0.2, 0.25) is 5.91 Å². The van der Waals surface area contributed by atoms with Crippen molar-refractivity contribution >= 4 is 5.91 Å². The molecule has 4 N–H and O–H groups in total. The van der Waals surface area contributed by atoms with E-state index in [2.05, 4.69) is 67.8 Å². The average Bonchev–Trinajstić information content (AvgIpc) is 3.20. The standard InChI is InChI=1S/C51H95NO4/c1-3-5-7-9-11-13-15-17-19-21-22-23-24-25-26-27-28-30-32-34-36-38-40-42-44-46-50(55)52-48(47-53)51(56)49(54)45-43-41-39-37-35-33-31-29-20-18-16-14-12-10-8-6-4-2/h22-23,25-26,29,31,37,39,48-49,51,53-54,56H,3-21,24,27-28,30,32-36,38,40-47H2,1-2H3,(H,52,55)/b23-22-,26-25-,31-29+,39-37+. The van der Waals surface area contributed by atoms with E-state index in [1.807, 2.05) is 0 Å². The van der Waals surface area contributed by atoms with E-state index in [0.29, 0.717) is 12.8 Å². The Labute approximate surface area is 348 Å². The largest absolute Gasteiger partial charge is 0.394 e. The molecule has 0 saturated carbocycles. The smallest absolute Gasteiger partial charge is 0.220 e. The van der Waals surface area contributed by atoms with E-state index < -0.39 is 18.2 Å². The lowest BCUT2D eigenvalue weighted by Crippen LogP contribution is -2.50. The highest BCUT2D eigenvalue weighted by Gasteiger charge is 2.26. The van der Waals surface area contributed by atoms with Crippen LogP contribution in [0, 0.1) is 0 Å². The van der Waals surface area contributed by atoms with Gasteiger partial charge < -0.3 is 20.6 Å². The molecule has 0 bridgehead atoms. The Morgan fingerprint density at radius 2 is 0.786 bits per heavy atom.